The molecule has 1 fully saturated rings. The fraction of sp³-hybridized carbons (Fsp3) is 0.280. The molecule has 3 aromatic rings. The second-order valence-corrected chi connectivity index (χ2v) is 8.03. The standard InChI is InChI=1S/C25H25N3O2/c29-24-21-10-4-9-20-11-13-28(23(20)21)18-22(24)25(30)27-16-14-26(15-17-27)12-5-8-19-6-2-1-3-7-19/h1-10,18H,11-17H2. The first-order valence-electron chi connectivity index (χ1n) is 10.6. The Morgan fingerprint density at radius 2 is 1.73 bits per heavy atom. The summed E-state index contributed by atoms with van der Waals surface area (Å²) in [5, 5.41) is 0.667. The average Bonchev–Trinajstić information content (AvgIpc) is 3.21. The Bertz CT molecular complexity index is 1170. The van der Waals surface area contributed by atoms with Crippen molar-refractivity contribution >= 4 is 22.9 Å². The van der Waals surface area contributed by atoms with E-state index in [0.717, 1.165) is 38.1 Å². The second-order valence-electron chi connectivity index (χ2n) is 8.03. The maximum Gasteiger partial charge on any atom is 0.259 e. The molecule has 30 heavy (non-hydrogen) atoms. The molecule has 0 radical (unpaired) electrons. The van der Waals surface area contributed by atoms with E-state index in [4.69, 9.17) is 0 Å². The molecule has 0 saturated carbocycles. The maximum atomic E-state index is 13.1. The van der Waals surface area contributed by atoms with Crippen molar-refractivity contribution in [3.8, 4) is 0 Å². The Hall–Kier alpha value is -3.18. The molecule has 3 heterocycles. The third-order valence-electron chi connectivity index (χ3n) is 6.17. The molecular weight excluding hydrogens is 374 g/mol. The van der Waals surface area contributed by atoms with Gasteiger partial charge in [-0.25, -0.2) is 0 Å². The Balaban J connectivity index is 1.26. The van der Waals surface area contributed by atoms with Gasteiger partial charge in [0, 0.05) is 50.9 Å². The van der Waals surface area contributed by atoms with Gasteiger partial charge >= 0.3 is 0 Å². The number of carbonyl (C=O) groups excluding carboxylic acids is 1. The Kier molecular flexibility index (Phi) is 4.97. The molecule has 1 saturated heterocycles. The average molecular weight is 399 g/mol. The van der Waals surface area contributed by atoms with E-state index in [1.807, 2.05) is 35.2 Å². The Morgan fingerprint density at radius 1 is 0.933 bits per heavy atom. The van der Waals surface area contributed by atoms with Crippen LogP contribution in [0.2, 0.25) is 0 Å². The van der Waals surface area contributed by atoms with Crippen LogP contribution in [0, 0.1) is 0 Å². The van der Waals surface area contributed by atoms with E-state index >= 15 is 0 Å². The van der Waals surface area contributed by atoms with Crippen molar-refractivity contribution in [1.29, 1.82) is 0 Å². The fourth-order valence-corrected chi connectivity index (χ4v) is 4.52. The van der Waals surface area contributed by atoms with Gasteiger partial charge in [-0.2, -0.15) is 0 Å². The van der Waals surface area contributed by atoms with Crippen molar-refractivity contribution in [1.82, 2.24) is 14.4 Å². The monoisotopic (exact) mass is 399 g/mol. The summed E-state index contributed by atoms with van der Waals surface area (Å²) < 4.78 is 2.07. The van der Waals surface area contributed by atoms with Crippen LogP contribution in [0.3, 0.4) is 0 Å². The van der Waals surface area contributed by atoms with Crippen molar-refractivity contribution in [3.63, 3.8) is 0 Å². The highest BCUT2D eigenvalue weighted by molar-refractivity contribution is 5.98. The lowest BCUT2D eigenvalue weighted by Gasteiger charge is -2.34. The number of hydrogen-bond acceptors (Lipinski definition) is 3. The lowest BCUT2D eigenvalue weighted by Crippen LogP contribution is -2.49. The van der Waals surface area contributed by atoms with E-state index in [0.29, 0.717) is 24.0 Å². The van der Waals surface area contributed by atoms with Crippen molar-refractivity contribution in [2.45, 2.75) is 13.0 Å². The van der Waals surface area contributed by atoms with Crippen molar-refractivity contribution in [2.75, 3.05) is 32.7 Å². The number of aromatic nitrogens is 1. The molecular formula is C25H25N3O2. The van der Waals surface area contributed by atoms with Gasteiger partial charge in [-0.15, -0.1) is 0 Å². The van der Waals surface area contributed by atoms with Gasteiger partial charge in [-0.1, -0.05) is 54.6 Å². The van der Waals surface area contributed by atoms with Gasteiger partial charge in [0.15, 0.2) is 0 Å². The maximum absolute atomic E-state index is 13.1. The SMILES string of the molecule is O=C(c1cn2c3c(cccc3c1=O)CC2)N1CCN(CC=Cc2ccccc2)CC1. The molecule has 0 N–H and O–H groups in total. The molecule has 5 heteroatoms. The molecule has 5 rings (SSSR count). The van der Waals surface area contributed by atoms with Gasteiger partial charge in [0.1, 0.15) is 5.56 Å². The number of benzene rings is 2. The molecule has 0 atom stereocenters. The van der Waals surface area contributed by atoms with Crippen molar-refractivity contribution in [3.05, 3.63) is 87.7 Å². The van der Waals surface area contributed by atoms with E-state index in [1.54, 1.807) is 6.20 Å². The summed E-state index contributed by atoms with van der Waals surface area (Å²) in [7, 11) is 0. The highest BCUT2D eigenvalue weighted by atomic mass is 16.2. The number of carbonyl (C=O) groups is 1. The first kappa shape index (κ1) is 18.8. The van der Waals surface area contributed by atoms with Gasteiger partial charge < -0.3 is 9.47 Å². The number of nitrogens with zero attached hydrogens (tertiary/aromatic N) is 3. The number of para-hydroxylation sites is 1. The molecule has 0 unspecified atom stereocenters. The van der Waals surface area contributed by atoms with Crippen LogP contribution in [0.1, 0.15) is 21.5 Å². The summed E-state index contributed by atoms with van der Waals surface area (Å²) in [5.74, 6) is -0.137. The van der Waals surface area contributed by atoms with Gasteiger partial charge in [0.2, 0.25) is 5.43 Å². The van der Waals surface area contributed by atoms with Crippen LogP contribution in [0.4, 0.5) is 0 Å². The minimum absolute atomic E-state index is 0.136. The number of aryl methyl sites for hydroxylation is 2. The smallest absolute Gasteiger partial charge is 0.259 e. The fourth-order valence-electron chi connectivity index (χ4n) is 4.52. The third kappa shape index (κ3) is 3.46. The molecule has 0 aliphatic carbocycles. The zero-order valence-electron chi connectivity index (χ0n) is 17.0. The van der Waals surface area contributed by atoms with Crippen LogP contribution in [0.5, 0.6) is 0 Å². The van der Waals surface area contributed by atoms with Crippen LogP contribution in [-0.4, -0.2) is 53.0 Å². The summed E-state index contributed by atoms with van der Waals surface area (Å²) in [6.45, 7) is 4.62. The predicted molar refractivity (Wildman–Crippen MR) is 120 cm³/mol. The van der Waals surface area contributed by atoms with Gasteiger partial charge in [-0.05, 0) is 23.6 Å². The van der Waals surface area contributed by atoms with E-state index in [1.165, 1.54) is 11.1 Å². The van der Waals surface area contributed by atoms with E-state index in [9.17, 15) is 9.59 Å². The van der Waals surface area contributed by atoms with Crippen LogP contribution in [0.15, 0.2) is 65.6 Å². The number of rotatable bonds is 4. The molecule has 5 nitrogen and oxygen atoms in total. The highest BCUT2D eigenvalue weighted by Gasteiger charge is 2.26. The minimum atomic E-state index is -0.137. The lowest BCUT2D eigenvalue weighted by molar-refractivity contribution is 0.0648. The number of pyridine rings is 1. The minimum Gasteiger partial charge on any atom is -0.346 e. The van der Waals surface area contributed by atoms with E-state index in [2.05, 4.69) is 39.8 Å². The van der Waals surface area contributed by atoms with Gasteiger partial charge in [0.05, 0.1) is 5.52 Å². The molecule has 1 amide bonds. The third-order valence-corrected chi connectivity index (χ3v) is 6.17. The predicted octanol–water partition coefficient (Wildman–Crippen LogP) is 3.03. The Labute approximate surface area is 175 Å². The van der Waals surface area contributed by atoms with Gasteiger partial charge in [-0.3, -0.25) is 14.5 Å². The van der Waals surface area contributed by atoms with Gasteiger partial charge in [0.25, 0.3) is 5.91 Å². The summed E-state index contributed by atoms with van der Waals surface area (Å²) >= 11 is 0. The first-order valence-corrected chi connectivity index (χ1v) is 10.6. The molecule has 2 aliphatic heterocycles. The van der Waals surface area contributed by atoms with E-state index < -0.39 is 0 Å². The molecule has 152 valence electrons. The number of amides is 1. The first-order chi connectivity index (χ1) is 14.7. The summed E-state index contributed by atoms with van der Waals surface area (Å²) in [4.78, 5) is 30.3. The summed E-state index contributed by atoms with van der Waals surface area (Å²) in [6.07, 6.45) is 6.99. The molecule has 1 aromatic heterocycles. The topological polar surface area (TPSA) is 45.6 Å². The van der Waals surface area contributed by atoms with E-state index in [-0.39, 0.29) is 11.3 Å². The summed E-state index contributed by atoms with van der Waals surface area (Å²) in [5.41, 5.74) is 3.55. The second kappa shape index (κ2) is 7.92. The molecule has 2 aliphatic rings. The largest absolute Gasteiger partial charge is 0.346 e. The van der Waals surface area contributed by atoms with Crippen molar-refractivity contribution < 1.29 is 4.79 Å². The highest BCUT2D eigenvalue weighted by Crippen LogP contribution is 2.24. The molecule has 0 spiro atoms. The quantitative estimate of drug-likeness (QED) is 0.678. The number of hydrogen-bond donors (Lipinski definition) is 0. The zero-order chi connectivity index (χ0) is 20.5. The van der Waals surface area contributed by atoms with Crippen LogP contribution < -0.4 is 5.43 Å². The van der Waals surface area contributed by atoms with Crippen molar-refractivity contribution in [2.24, 2.45) is 0 Å². The van der Waals surface area contributed by atoms with Crippen LogP contribution >= 0.6 is 0 Å². The van der Waals surface area contributed by atoms with Crippen LogP contribution in [0.25, 0.3) is 17.0 Å². The Morgan fingerprint density at radius 3 is 2.53 bits per heavy atom. The lowest BCUT2D eigenvalue weighted by atomic mass is 10.1. The molecule has 2 aromatic carbocycles. The molecule has 0 bridgehead atoms. The van der Waals surface area contributed by atoms with Crippen LogP contribution in [-0.2, 0) is 13.0 Å². The zero-order valence-corrected chi connectivity index (χ0v) is 17.0. The normalized spacial score (nSPS) is 16.6. The number of piperazine rings is 1. The summed E-state index contributed by atoms with van der Waals surface area (Å²) in [6, 6.07) is 16.1.